The van der Waals surface area contributed by atoms with E-state index in [4.69, 9.17) is 21.6 Å². The summed E-state index contributed by atoms with van der Waals surface area (Å²) in [5.41, 5.74) is 2.30. The van der Waals surface area contributed by atoms with Gasteiger partial charge in [-0.05, 0) is 36.6 Å². The highest BCUT2D eigenvalue weighted by molar-refractivity contribution is 6.32. The van der Waals surface area contributed by atoms with Gasteiger partial charge in [0.15, 0.2) is 0 Å². The molecule has 1 amide bonds. The lowest BCUT2D eigenvalue weighted by Crippen LogP contribution is -2.49. The minimum Gasteiger partial charge on any atom is -0.445 e. The van der Waals surface area contributed by atoms with Gasteiger partial charge in [0, 0.05) is 17.8 Å². The molecular weight excluding hydrogens is 338 g/mol. The lowest BCUT2D eigenvalue weighted by molar-refractivity contribution is 0.129. The summed E-state index contributed by atoms with van der Waals surface area (Å²) in [6.07, 6.45) is 1.24. The Balaban J connectivity index is 1.38. The van der Waals surface area contributed by atoms with Gasteiger partial charge in [-0.15, -0.1) is 0 Å². The van der Waals surface area contributed by atoms with Gasteiger partial charge >= 0.3 is 6.09 Å². The summed E-state index contributed by atoms with van der Waals surface area (Å²) in [5, 5.41) is 15.5. The number of nitrogens with one attached hydrogen (secondary N) is 2. The van der Waals surface area contributed by atoms with Crippen LogP contribution in [0.25, 0.3) is 0 Å². The summed E-state index contributed by atoms with van der Waals surface area (Å²) in [6, 6.07) is 17.3. The van der Waals surface area contributed by atoms with Crippen molar-refractivity contribution in [3.05, 3.63) is 64.7 Å². The molecule has 2 aromatic rings. The van der Waals surface area contributed by atoms with Crippen molar-refractivity contribution in [2.75, 3.05) is 5.32 Å². The van der Waals surface area contributed by atoms with Gasteiger partial charge in [0.25, 0.3) is 0 Å². The molecule has 1 fully saturated rings. The Bertz CT molecular complexity index is 783. The average Bonchev–Trinajstić information content (AvgIpc) is 2.59. The van der Waals surface area contributed by atoms with Crippen molar-refractivity contribution >= 4 is 23.4 Å². The number of hydrogen-bond donors (Lipinski definition) is 2. The largest absolute Gasteiger partial charge is 0.445 e. The summed E-state index contributed by atoms with van der Waals surface area (Å²) in [4.78, 5) is 11.8. The molecule has 6 heteroatoms. The van der Waals surface area contributed by atoms with E-state index in [1.54, 1.807) is 12.1 Å². The normalized spacial score (nSPS) is 18.6. The molecule has 1 aliphatic rings. The molecule has 3 rings (SSSR count). The molecule has 0 unspecified atom stereocenters. The van der Waals surface area contributed by atoms with Crippen molar-refractivity contribution in [2.24, 2.45) is 0 Å². The third-order valence-electron chi connectivity index (χ3n) is 4.13. The van der Waals surface area contributed by atoms with Crippen molar-refractivity contribution in [2.45, 2.75) is 31.5 Å². The van der Waals surface area contributed by atoms with Crippen LogP contribution in [-0.4, -0.2) is 18.2 Å². The number of carbonyl (C=O) groups is 1. The number of hydrogen-bond acceptors (Lipinski definition) is 4. The monoisotopic (exact) mass is 355 g/mol. The third kappa shape index (κ3) is 4.65. The quantitative estimate of drug-likeness (QED) is 0.847. The van der Waals surface area contributed by atoms with Gasteiger partial charge in [-0.1, -0.05) is 41.9 Å². The molecule has 0 aliphatic heterocycles. The van der Waals surface area contributed by atoms with Gasteiger partial charge in [-0.2, -0.15) is 5.26 Å². The van der Waals surface area contributed by atoms with Crippen LogP contribution < -0.4 is 10.6 Å². The maximum absolute atomic E-state index is 11.8. The smallest absolute Gasteiger partial charge is 0.407 e. The predicted molar refractivity (Wildman–Crippen MR) is 96.4 cm³/mol. The molecular formula is C19H18ClN3O2. The molecule has 1 saturated carbocycles. The van der Waals surface area contributed by atoms with Gasteiger partial charge in [0.2, 0.25) is 0 Å². The molecule has 0 aromatic heterocycles. The van der Waals surface area contributed by atoms with Crippen LogP contribution in [0.1, 0.15) is 24.0 Å². The van der Waals surface area contributed by atoms with Crippen LogP contribution in [0, 0.1) is 11.3 Å². The minimum absolute atomic E-state index is 0.106. The maximum atomic E-state index is 11.8. The fourth-order valence-corrected chi connectivity index (χ4v) is 2.94. The molecule has 0 spiro atoms. The Hall–Kier alpha value is -2.71. The molecule has 128 valence electrons. The number of carbonyl (C=O) groups excluding carboxylic acids is 1. The van der Waals surface area contributed by atoms with Crippen LogP contribution in [0.15, 0.2) is 48.5 Å². The van der Waals surface area contributed by atoms with E-state index in [1.807, 2.05) is 42.5 Å². The zero-order valence-corrected chi connectivity index (χ0v) is 14.3. The fourth-order valence-electron chi connectivity index (χ4n) is 2.72. The number of ether oxygens (including phenoxy) is 1. The van der Waals surface area contributed by atoms with Crippen LogP contribution in [0.5, 0.6) is 0 Å². The number of alkyl carbamates (subject to hydrolysis) is 1. The number of halogens is 1. The Morgan fingerprint density at radius 3 is 2.64 bits per heavy atom. The van der Waals surface area contributed by atoms with Gasteiger partial charge in [0.1, 0.15) is 12.7 Å². The molecule has 5 nitrogen and oxygen atoms in total. The number of rotatable bonds is 5. The number of amides is 1. The molecule has 2 aromatic carbocycles. The average molecular weight is 356 g/mol. The summed E-state index contributed by atoms with van der Waals surface area (Å²) in [7, 11) is 0. The van der Waals surface area contributed by atoms with E-state index in [2.05, 4.69) is 10.6 Å². The fraction of sp³-hybridized carbons (Fsp3) is 0.263. The zero-order valence-electron chi connectivity index (χ0n) is 13.5. The Labute approximate surface area is 151 Å². The first-order chi connectivity index (χ1) is 12.1. The van der Waals surface area contributed by atoms with Gasteiger partial charge < -0.3 is 15.4 Å². The maximum Gasteiger partial charge on any atom is 0.407 e. The lowest BCUT2D eigenvalue weighted by atomic mass is 9.86. The first-order valence-corrected chi connectivity index (χ1v) is 8.45. The molecule has 0 atom stereocenters. The number of benzene rings is 2. The van der Waals surface area contributed by atoms with E-state index < -0.39 is 6.09 Å². The first kappa shape index (κ1) is 17.1. The van der Waals surface area contributed by atoms with Gasteiger partial charge in [0.05, 0.1) is 10.6 Å². The second-order valence-electron chi connectivity index (χ2n) is 6.02. The van der Waals surface area contributed by atoms with E-state index in [0.717, 1.165) is 24.1 Å². The lowest BCUT2D eigenvalue weighted by Gasteiger charge is -2.36. The topological polar surface area (TPSA) is 74.2 Å². The predicted octanol–water partition coefficient (Wildman–Crippen LogP) is 4.08. The molecule has 2 N–H and O–H groups in total. The van der Waals surface area contributed by atoms with E-state index in [0.29, 0.717) is 10.6 Å². The van der Waals surface area contributed by atoms with Crippen LogP contribution in [0.2, 0.25) is 5.02 Å². The Kier molecular flexibility index (Phi) is 5.42. The summed E-state index contributed by atoms with van der Waals surface area (Å²) in [6.45, 7) is 0.269. The van der Waals surface area contributed by atoms with Crippen LogP contribution in [-0.2, 0) is 11.3 Å². The SMILES string of the molecule is N#Cc1ccc(NC2CC(NC(=O)OCc3ccccc3)C2)cc1Cl. The minimum atomic E-state index is -0.395. The van der Waals surface area contributed by atoms with Crippen molar-refractivity contribution < 1.29 is 9.53 Å². The Morgan fingerprint density at radius 1 is 1.20 bits per heavy atom. The van der Waals surface area contributed by atoms with Crippen molar-refractivity contribution in [3.8, 4) is 6.07 Å². The molecule has 0 bridgehead atoms. The van der Waals surface area contributed by atoms with Gasteiger partial charge in [-0.25, -0.2) is 4.79 Å². The highest BCUT2D eigenvalue weighted by Crippen LogP contribution is 2.27. The zero-order chi connectivity index (χ0) is 17.6. The van der Waals surface area contributed by atoms with Crippen LogP contribution >= 0.6 is 11.6 Å². The van der Waals surface area contributed by atoms with Gasteiger partial charge in [-0.3, -0.25) is 0 Å². The van der Waals surface area contributed by atoms with E-state index in [-0.39, 0.29) is 18.7 Å². The van der Waals surface area contributed by atoms with Crippen LogP contribution in [0.3, 0.4) is 0 Å². The molecule has 1 aliphatic carbocycles. The summed E-state index contributed by atoms with van der Waals surface area (Å²) < 4.78 is 5.21. The standard InChI is InChI=1S/C19H18ClN3O2/c20-18-10-15(7-6-14(18)11-21)22-16-8-17(9-16)23-19(24)25-12-13-4-2-1-3-5-13/h1-7,10,16-17,22H,8-9,12H2,(H,23,24). The first-order valence-electron chi connectivity index (χ1n) is 8.07. The number of nitriles is 1. The molecule has 0 radical (unpaired) electrons. The third-order valence-corrected chi connectivity index (χ3v) is 4.45. The molecule has 0 heterocycles. The van der Waals surface area contributed by atoms with E-state index in [9.17, 15) is 4.79 Å². The van der Waals surface area contributed by atoms with Crippen molar-refractivity contribution in [1.82, 2.24) is 5.32 Å². The summed E-state index contributed by atoms with van der Waals surface area (Å²) >= 11 is 6.02. The van der Waals surface area contributed by atoms with E-state index in [1.165, 1.54) is 0 Å². The summed E-state index contributed by atoms with van der Waals surface area (Å²) in [5.74, 6) is 0. The molecule has 25 heavy (non-hydrogen) atoms. The van der Waals surface area contributed by atoms with Crippen molar-refractivity contribution in [3.63, 3.8) is 0 Å². The number of anilines is 1. The second kappa shape index (κ2) is 7.91. The second-order valence-corrected chi connectivity index (χ2v) is 6.43. The highest BCUT2D eigenvalue weighted by atomic mass is 35.5. The highest BCUT2D eigenvalue weighted by Gasteiger charge is 2.30. The van der Waals surface area contributed by atoms with E-state index >= 15 is 0 Å². The van der Waals surface area contributed by atoms with Crippen LogP contribution in [0.4, 0.5) is 10.5 Å². The Morgan fingerprint density at radius 2 is 1.96 bits per heavy atom. The molecule has 0 saturated heterocycles. The van der Waals surface area contributed by atoms with Crippen molar-refractivity contribution in [1.29, 1.82) is 5.26 Å². The number of nitrogens with zero attached hydrogens (tertiary/aromatic N) is 1.